The van der Waals surface area contributed by atoms with Crippen molar-refractivity contribution >= 4 is 21.8 Å². The lowest BCUT2D eigenvalue weighted by atomic mass is 9.94. The number of hydrogen-bond acceptors (Lipinski definition) is 4. The molecule has 0 atom stereocenters. The summed E-state index contributed by atoms with van der Waals surface area (Å²) in [6.07, 6.45) is 0. The van der Waals surface area contributed by atoms with Crippen LogP contribution in [0.25, 0.3) is 60.9 Å². The fourth-order valence-electron chi connectivity index (χ4n) is 5.95. The van der Waals surface area contributed by atoms with E-state index in [0.29, 0.717) is 22.3 Å². The van der Waals surface area contributed by atoms with Crippen molar-refractivity contribution < 1.29 is 0 Å². The highest BCUT2D eigenvalue weighted by atomic mass is 15.0. The van der Waals surface area contributed by atoms with Gasteiger partial charge >= 0.3 is 0 Å². The maximum Gasteiger partial charge on any atom is 0.0992 e. The van der Waals surface area contributed by atoms with E-state index in [1.165, 1.54) is 0 Å². The zero-order valence-corrected chi connectivity index (χ0v) is 23.9. The normalized spacial score (nSPS) is 10.6. The van der Waals surface area contributed by atoms with Gasteiger partial charge in [0.2, 0.25) is 0 Å². The lowest BCUT2D eigenvalue weighted by molar-refractivity contribution is 1.18. The maximum absolute atomic E-state index is 10.1. The van der Waals surface area contributed by atoms with E-state index in [2.05, 4.69) is 47.0 Å². The van der Waals surface area contributed by atoms with Gasteiger partial charge in [-0.25, -0.2) is 0 Å². The molecule has 0 aliphatic rings. The molecule has 1 heterocycles. The van der Waals surface area contributed by atoms with Crippen LogP contribution in [0, 0.1) is 45.3 Å². The van der Waals surface area contributed by atoms with E-state index < -0.39 is 0 Å². The predicted molar refractivity (Wildman–Crippen MR) is 176 cm³/mol. The Balaban J connectivity index is 1.40. The third-order valence-electron chi connectivity index (χ3n) is 8.03. The second-order valence-electron chi connectivity index (χ2n) is 10.8. The van der Waals surface area contributed by atoms with E-state index in [0.717, 1.165) is 60.9 Å². The number of aromatic nitrogens is 1. The van der Waals surface area contributed by atoms with Crippen LogP contribution in [0.2, 0.25) is 0 Å². The Kier molecular flexibility index (Phi) is 6.62. The first kappa shape index (κ1) is 26.9. The Hall–Kier alpha value is -6.92. The Labute approximate surface area is 259 Å². The molecule has 7 aromatic rings. The highest BCUT2D eigenvalue weighted by Gasteiger charge is 2.16. The summed E-state index contributed by atoms with van der Waals surface area (Å²) in [5, 5.41) is 40.7. The van der Waals surface area contributed by atoms with Crippen molar-refractivity contribution in [1.29, 1.82) is 21.0 Å². The van der Waals surface area contributed by atoms with Gasteiger partial charge in [-0.2, -0.15) is 21.0 Å². The lowest BCUT2D eigenvalue weighted by Gasteiger charge is -2.13. The molecule has 5 heteroatoms. The van der Waals surface area contributed by atoms with E-state index in [1.807, 2.05) is 97.1 Å². The summed E-state index contributed by atoms with van der Waals surface area (Å²) in [7, 11) is 0. The minimum Gasteiger partial charge on any atom is -0.309 e. The molecule has 0 N–H and O–H groups in total. The average Bonchev–Trinajstić information content (AvgIpc) is 3.44. The van der Waals surface area contributed by atoms with Gasteiger partial charge in [0.1, 0.15) is 0 Å². The van der Waals surface area contributed by atoms with Crippen LogP contribution in [0.3, 0.4) is 0 Å². The van der Waals surface area contributed by atoms with E-state index >= 15 is 0 Å². The molecule has 0 radical (unpaired) electrons. The van der Waals surface area contributed by atoms with Gasteiger partial charge in [-0.3, -0.25) is 0 Å². The van der Waals surface area contributed by atoms with E-state index in [9.17, 15) is 21.0 Å². The summed E-state index contributed by atoms with van der Waals surface area (Å²) in [4.78, 5) is 0. The molecule has 0 saturated carbocycles. The van der Waals surface area contributed by atoms with Crippen LogP contribution in [0.1, 0.15) is 22.3 Å². The molecule has 0 amide bonds. The van der Waals surface area contributed by atoms with Crippen molar-refractivity contribution in [2.24, 2.45) is 0 Å². The first-order valence-corrected chi connectivity index (χ1v) is 14.2. The van der Waals surface area contributed by atoms with Crippen molar-refractivity contribution in [3.8, 4) is 63.3 Å². The quantitative estimate of drug-likeness (QED) is 0.210. The van der Waals surface area contributed by atoms with E-state index in [1.54, 1.807) is 12.1 Å². The van der Waals surface area contributed by atoms with Crippen LogP contribution in [0.5, 0.6) is 0 Å². The van der Waals surface area contributed by atoms with Gasteiger partial charge in [0, 0.05) is 16.5 Å². The Morgan fingerprint density at radius 1 is 0.356 bits per heavy atom. The van der Waals surface area contributed by atoms with E-state index in [4.69, 9.17) is 0 Å². The summed E-state index contributed by atoms with van der Waals surface area (Å²) in [6, 6.07) is 49.9. The average molecular weight is 572 g/mol. The molecule has 0 aliphatic carbocycles. The smallest absolute Gasteiger partial charge is 0.0992 e. The van der Waals surface area contributed by atoms with Crippen molar-refractivity contribution in [2.75, 3.05) is 0 Å². The Morgan fingerprint density at radius 2 is 0.822 bits per heavy atom. The van der Waals surface area contributed by atoms with Gasteiger partial charge in [-0.1, -0.05) is 48.5 Å². The lowest BCUT2D eigenvalue weighted by Crippen LogP contribution is -1.96. The number of fused-ring (bicyclic) bond motifs is 3. The maximum atomic E-state index is 10.1. The van der Waals surface area contributed by atoms with Gasteiger partial charge < -0.3 is 4.57 Å². The minimum atomic E-state index is 0.503. The predicted octanol–water partition coefficient (Wildman–Crippen LogP) is 9.27. The van der Waals surface area contributed by atoms with Gasteiger partial charge in [0.05, 0.1) is 57.6 Å². The van der Waals surface area contributed by atoms with Crippen LogP contribution in [-0.2, 0) is 0 Å². The van der Waals surface area contributed by atoms with Crippen molar-refractivity contribution in [1.82, 2.24) is 4.57 Å². The summed E-state index contributed by atoms with van der Waals surface area (Å²) in [5.41, 5.74) is 10.4. The topological polar surface area (TPSA) is 100 Å². The summed E-state index contributed by atoms with van der Waals surface area (Å²) in [5.74, 6) is 0. The standard InChI is InChI=1S/C40H21N5/c41-22-26-9-11-39-37(17-26)38-18-27(23-42)10-12-40(38)45(39)36-16-29(25-44)15-35(21-36)32-8-4-7-31(19-32)34-14-28(24-43)13-33(20-34)30-5-2-1-3-6-30/h1-21H. The van der Waals surface area contributed by atoms with Crippen LogP contribution < -0.4 is 0 Å². The first-order valence-electron chi connectivity index (χ1n) is 14.2. The Bertz CT molecular complexity index is 2400. The molecule has 0 saturated heterocycles. The zero-order chi connectivity index (χ0) is 30.9. The zero-order valence-electron chi connectivity index (χ0n) is 23.9. The molecule has 0 spiro atoms. The summed E-state index contributed by atoms with van der Waals surface area (Å²) in [6.45, 7) is 0. The van der Waals surface area contributed by atoms with Gasteiger partial charge in [0.15, 0.2) is 0 Å². The van der Waals surface area contributed by atoms with Crippen LogP contribution in [0.15, 0.2) is 127 Å². The second kappa shape index (κ2) is 11.1. The van der Waals surface area contributed by atoms with Gasteiger partial charge in [-0.05, 0) is 112 Å². The highest BCUT2D eigenvalue weighted by molar-refractivity contribution is 6.10. The largest absolute Gasteiger partial charge is 0.309 e. The van der Waals surface area contributed by atoms with Gasteiger partial charge in [-0.15, -0.1) is 0 Å². The molecule has 7 rings (SSSR count). The van der Waals surface area contributed by atoms with Crippen molar-refractivity contribution in [2.45, 2.75) is 0 Å². The third-order valence-corrected chi connectivity index (χ3v) is 8.03. The molecule has 0 aliphatic heterocycles. The molecule has 0 bridgehead atoms. The second-order valence-corrected chi connectivity index (χ2v) is 10.8. The molecule has 1 aromatic heterocycles. The van der Waals surface area contributed by atoms with Crippen LogP contribution in [-0.4, -0.2) is 4.57 Å². The number of benzene rings is 6. The molecule has 206 valence electrons. The minimum absolute atomic E-state index is 0.503. The number of nitrogens with zero attached hydrogens (tertiary/aromatic N) is 5. The molecule has 6 aromatic carbocycles. The van der Waals surface area contributed by atoms with Gasteiger partial charge in [0.25, 0.3) is 0 Å². The highest BCUT2D eigenvalue weighted by Crippen LogP contribution is 2.36. The molecular weight excluding hydrogens is 550 g/mol. The summed E-state index contributed by atoms with van der Waals surface area (Å²) < 4.78 is 2.07. The number of nitriles is 4. The summed E-state index contributed by atoms with van der Waals surface area (Å²) >= 11 is 0. The molecule has 5 nitrogen and oxygen atoms in total. The molecule has 45 heavy (non-hydrogen) atoms. The van der Waals surface area contributed by atoms with E-state index in [-0.39, 0.29) is 0 Å². The Morgan fingerprint density at radius 3 is 1.38 bits per heavy atom. The number of rotatable bonds is 4. The van der Waals surface area contributed by atoms with Crippen LogP contribution >= 0.6 is 0 Å². The molecular formula is C40H21N5. The molecule has 0 fully saturated rings. The molecule has 0 unspecified atom stereocenters. The van der Waals surface area contributed by atoms with Crippen molar-refractivity contribution in [3.05, 3.63) is 150 Å². The monoisotopic (exact) mass is 571 g/mol. The van der Waals surface area contributed by atoms with Crippen LogP contribution in [0.4, 0.5) is 0 Å². The fourth-order valence-corrected chi connectivity index (χ4v) is 5.95. The SMILES string of the molecule is N#Cc1cc(-c2ccccc2)cc(-c2cccc(-c3cc(C#N)cc(-n4c5ccc(C#N)cc5c5cc(C#N)ccc54)c3)c2)c1. The fraction of sp³-hybridized carbons (Fsp3) is 0. The third kappa shape index (κ3) is 4.84. The first-order chi connectivity index (χ1) is 22.1. The number of hydrogen-bond donors (Lipinski definition) is 0. The van der Waals surface area contributed by atoms with Crippen molar-refractivity contribution in [3.63, 3.8) is 0 Å².